The lowest BCUT2D eigenvalue weighted by molar-refractivity contribution is 0.0938. The van der Waals surface area contributed by atoms with E-state index in [9.17, 15) is 4.79 Å². The maximum absolute atomic E-state index is 12.1. The molecular formula is C13H15BrN2O2. The summed E-state index contributed by atoms with van der Waals surface area (Å²) in [7, 11) is 0. The number of hydrogen-bond donors (Lipinski definition) is 1. The average Bonchev–Trinajstić information content (AvgIpc) is 2.96. The first kappa shape index (κ1) is 13.0. The lowest BCUT2D eigenvalue weighted by Crippen LogP contribution is -2.25. The van der Waals surface area contributed by atoms with Crippen LogP contribution < -0.4 is 5.32 Å². The lowest BCUT2D eigenvalue weighted by Gasteiger charge is -2.07. The Balaban J connectivity index is 2.03. The van der Waals surface area contributed by atoms with Crippen LogP contribution in [-0.4, -0.2) is 10.5 Å². The molecule has 0 atom stereocenters. The van der Waals surface area contributed by atoms with Gasteiger partial charge in [-0.05, 0) is 40.5 Å². The molecule has 0 aliphatic rings. The van der Waals surface area contributed by atoms with E-state index in [1.165, 1.54) is 0 Å². The Morgan fingerprint density at radius 2 is 2.39 bits per heavy atom. The van der Waals surface area contributed by atoms with Crippen molar-refractivity contribution in [3.05, 3.63) is 46.6 Å². The number of carbonyl (C=O) groups is 1. The average molecular weight is 311 g/mol. The van der Waals surface area contributed by atoms with E-state index in [0.29, 0.717) is 12.2 Å². The Bertz CT molecular complexity index is 517. The number of halogens is 1. The summed E-state index contributed by atoms with van der Waals surface area (Å²) >= 11 is 3.39. The van der Waals surface area contributed by atoms with Crippen molar-refractivity contribution in [1.29, 1.82) is 0 Å². The second-order valence-corrected chi connectivity index (χ2v) is 4.91. The largest absolute Gasteiger partial charge is 0.467 e. The quantitative estimate of drug-likeness (QED) is 0.922. The molecular weight excluding hydrogens is 296 g/mol. The van der Waals surface area contributed by atoms with Crippen LogP contribution in [0.2, 0.25) is 0 Å². The molecule has 0 aliphatic carbocycles. The SMILES string of the molecule is CCCn1cc(Br)cc1C(=O)NCc1ccco1. The number of hydrogen-bond acceptors (Lipinski definition) is 2. The molecule has 96 valence electrons. The zero-order valence-corrected chi connectivity index (χ0v) is 11.7. The molecule has 18 heavy (non-hydrogen) atoms. The predicted molar refractivity (Wildman–Crippen MR) is 72.3 cm³/mol. The number of nitrogens with zero attached hydrogens (tertiary/aromatic N) is 1. The molecule has 2 aromatic rings. The van der Waals surface area contributed by atoms with Crippen molar-refractivity contribution >= 4 is 21.8 Å². The highest BCUT2D eigenvalue weighted by atomic mass is 79.9. The minimum atomic E-state index is -0.0921. The molecule has 5 heteroatoms. The lowest BCUT2D eigenvalue weighted by atomic mass is 10.3. The van der Waals surface area contributed by atoms with Crippen molar-refractivity contribution in [2.45, 2.75) is 26.4 Å². The topological polar surface area (TPSA) is 47.2 Å². The molecule has 1 amide bonds. The van der Waals surface area contributed by atoms with Crippen molar-refractivity contribution < 1.29 is 9.21 Å². The number of carbonyl (C=O) groups excluding carboxylic acids is 1. The molecule has 2 heterocycles. The van der Waals surface area contributed by atoms with Crippen LogP contribution >= 0.6 is 15.9 Å². The van der Waals surface area contributed by atoms with E-state index in [4.69, 9.17) is 4.42 Å². The first-order chi connectivity index (χ1) is 8.70. The standard InChI is InChI=1S/C13H15BrN2O2/c1-2-5-16-9-10(14)7-12(16)13(17)15-8-11-4-3-6-18-11/h3-4,6-7,9H,2,5,8H2,1H3,(H,15,17). The number of aryl methyl sites for hydroxylation is 1. The summed E-state index contributed by atoms with van der Waals surface area (Å²) in [5, 5.41) is 2.84. The fourth-order valence-corrected chi connectivity index (χ4v) is 2.23. The third-order valence-electron chi connectivity index (χ3n) is 2.56. The highest BCUT2D eigenvalue weighted by molar-refractivity contribution is 9.10. The van der Waals surface area contributed by atoms with Gasteiger partial charge >= 0.3 is 0 Å². The Labute approximate surface area is 114 Å². The molecule has 0 unspecified atom stereocenters. The predicted octanol–water partition coefficient (Wildman–Crippen LogP) is 3.18. The minimum absolute atomic E-state index is 0.0921. The van der Waals surface area contributed by atoms with E-state index in [1.54, 1.807) is 12.3 Å². The Morgan fingerprint density at radius 3 is 3.06 bits per heavy atom. The van der Waals surface area contributed by atoms with Gasteiger partial charge in [0, 0.05) is 17.2 Å². The van der Waals surface area contributed by atoms with Gasteiger partial charge in [-0.15, -0.1) is 0 Å². The summed E-state index contributed by atoms with van der Waals surface area (Å²) in [4.78, 5) is 12.1. The van der Waals surface area contributed by atoms with Crippen molar-refractivity contribution in [1.82, 2.24) is 9.88 Å². The van der Waals surface area contributed by atoms with Crippen LogP contribution in [0.4, 0.5) is 0 Å². The molecule has 0 aliphatic heterocycles. The summed E-state index contributed by atoms with van der Waals surface area (Å²) < 4.78 is 8.03. The fraction of sp³-hybridized carbons (Fsp3) is 0.308. The van der Waals surface area contributed by atoms with E-state index in [-0.39, 0.29) is 5.91 Å². The van der Waals surface area contributed by atoms with Crippen molar-refractivity contribution in [2.24, 2.45) is 0 Å². The molecule has 0 saturated heterocycles. The maximum Gasteiger partial charge on any atom is 0.268 e. The van der Waals surface area contributed by atoms with Gasteiger partial charge in [0.25, 0.3) is 5.91 Å². The molecule has 0 bridgehead atoms. The van der Waals surface area contributed by atoms with Gasteiger partial charge in [0.2, 0.25) is 0 Å². The third-order valence-corrected chi connectivity index (χ3v) is 3.00. The first-order valence-electron chi connectivity index (χ1n) is 5.87. The molecule has 0 spiro atoms. The normalized spacial score (nSPS) is 10.6. The van der Waals surface area contributed by atoms with Crippen LogP contribution in [0.5, 0.6) is 0 Å². The minimum Gasteiger partial charge on any atom is -0.467 e. The molecule has 1 N–H and O–H groups in total. The maximum atomic E-state index is 12.1. The van der Waals surface area contributed by atoms with Crippen molar-refractivity contribution in [3.8, 4) is 0 Å². The van der Waals surface area contributed by atoms with Gasteiger partial charge in [-0.3, -0.25) is 4.79 Å². The summed E-state index contributed by atoms with van der Waals surface area (Å²) in [6.07, 6.45) is 4.50. The van der Waals surface area contributed by atoms with E-state index >= 15 is 0 Å². The number of nitrogens with one attached hydrogen (secondary N) is 1. The zero-order valence-electron chi connectivity index (χ0n) is 10.1. The van der Waals surface area contributed by atoms with Gasteiger partial charge in [-0.2, -0.15) is 0 Å². The number of aromatic nitrogens is 1. The van der Waals surface area contributed by atoms with E-state index in [0.717, 1.165) is 23.2 Å². The molecule has 0 saturated carbocycles. The summed E-state index contributed by atoms with van der Waals surface area (Å²) in [5.74, 6) is 0.654. The Hall–Kier alpha value is -1.49. The second kappa shape index (κ2) is 5.91. The summed E-state index contributed by atoms with van der Waals surface area (Å²) in [5.41, 5.74) is 0.662. The number of rotatable bonds is 5. The van der Waals surface area contributed by atoms with Crippen molar-refractivity contribution in [2.75, 3.05) is 0 Å². The molecule has 0 radical (unpaired) electrons. The van der Waals surface area contributed by atoms with Gasteiger partial charge in [-0.1, -0.05) is 6.92 Å². The highest BCUT2D eigenvalue weighted by Crippen LogP contribution is 2.15. The van der Waals surface area contributed by atoms with Crippen LogP contribution in [-0.2, 0) is 13.1 Å². The van der Waals surface area contributed by atoms with Crippen molar-refractivity contribution in [3.63, 3.8) is 0 Å². The number of amides is 1. The molecule has 0 fully saturated rings. The molecule has 0 aromatic carbocycles. The third kappa shape index (κ3) is 3.04. The number of furan rings is 1. The van der Waals surface area contributed by atoms with Gasteiger partial charge < -0.3 is 14.3 Å². The molecule has 2 aromatic heterocycles. The Kier molecular flexibility index (Phi) is 4.25. The van der Waals surface area contributed by atoms with E-state index < -0.39 is 0 Å². The fourth-order valence-electron chi connectivity index (χ4n) is 1.76. The zero-order chi connectivity index (χ0) is 13.0. The van der Waals surface area contributed by atoms with Gasteiger partial charge in [0.15, 0.2) is 0 Å². The molecule has 4 nitrogen and oxygen atoms in total. The van der Waals surface area contributed by atoms with Gasteiger partial charge in [0.1, 0.15) is 11.5 Å². The Morgan fingerprint density at radius 1 is 1.56 bits per heavy atom. The van der Waals surface area contributed by atoms with E-state index in [2.05, 4.69) is 28.2 Å². The van der Waals surface area contributed by atoms with Crippen LogP contribution in [0.3, 0.4) is 0 Å². The summed E-state index contributed by atoms with van der Waals surface area (Å²) in [6, 6.07) is 5.46. The van der Waals surface area contributed by atoms with Gasteiger partial charge in [-0.25, -0.2) is 0 Å². The summed E-state index contributed by atoms with van der Waals surface area (Å²) in [6.45, 7) is 3.31. The first-order valence-corrected chi connectivity index (χ1v) is 6.66. The highest BCUT2D eigenvalue weighted by Gasteiger charge is 2.12. The van der Waals surface area contributed by atoms with Crippen LogP contribution in [0.25, 0.3) is 0 Å². The van der Waals surface area contributed by atoms with Crippen LogP contribution in [0.1, 0.15) is 29.6 Å². The monoisotopic (exact) mass is 310 g/mol. The van der Waals surface area contributed by atoms with Crippen LogP contribution in [0.15, 0.2) is 39.5 Å². The van der Waals surface area contributed by atoms with Crippen LogP contribution in [0, 0.1) is 0 Å². The molecule has 2 rings (SSSR count). The van der Waals surface area contributed by atoms with Gasteiger partial charge in [0.05, 0.1) is 12.8 Å². The van der Waals surface area contributed by atoms with E-state index in [1.807, 2.05) is 22.9 Å². The second-order valence-electron chi connectivity index (χ2n) is 4.00. The smallest absolute Gasteiger partial charge is 0.268 e.